The van der Waals surface area contributed by atoms with Gasteiger partial charge in [0.15, 0.2) is 0 Å². The quantitative estimate of drug-likeness (QED) is 0.138. The number of unbranched alkanes of at least 4 members (excludes halogenated alkanes) is 17. The molecule has 0 spiro atoms. The molecule has 0 fully saturated rings. The zero-order chi connectivity index (χ0) is 21.6. The van der Waals surface area contributed by atoms with Crippen molar-refractivity contribution in [2.75, 3.05) is 5.75 Å². The molecule has 0 aliphatic rings. The van der Waals surface area contributed by atoms with Gasteiger partial charge in [-0.25, -0.2) is 8.42 Å². The molecule has 30 heavy (non-hydrogen) atoms. The molecule has 0 radical (unpaired) electrons. The van der Waals surface area contributed by atoms with Crippen molar-refractivity contribution in [3.05, 3.63) is 0 Å². The van der Waals surface area contributed by atoms with Gasteiger partial charge in [-0.1, -0.05) is 122 Å². The van der Waals surface area contributed by atoms with E-state index in [9.17, 15) is 18.1 Å². The first-order valence-corrected chi connectivity index (χ1v) is 14.1. The van der Waals surface area contributed by atoms with Crippen LogP contribution in [0.1, 0.15) is 142 Å². The normalized spacial score (nSPS) is 12.6. The van der Waals surface area contributed by atoms with Crippen molar-refractivity contribution in [3.8, 4) is 0 Å². The zero-order valence-electron chi connectivity index (χ0n) is 20.2. The Morgan fingerprint density at radius 3 is 1.23 bits per heavy atom. The monoisotopic (exact) mass is 472 g/mol. The second-order valence-corrected chi connectivity index (χ2v) is 10.4. The van der Waals surface area contributed by atoms with E-state index >= 15 is 0 Å². The molecule has 0 saturated carbocycles. The van der Waals surface area contributed by atoms with Crippen LogP contribution in [0.4, 0.5) is 0 Å². The molecule has 1 atom stereocenters. The minimum absolute atomic E-state index is 0. The van der Waals surface area contributed by atoms with Gasteiger partial charge >= 0.3 is 51.4 Å². The molecule has 0 bridgehead atoms. The summed E-state index contributed by atoms with van der Waals surface area (Å²) in [4.78, 5) is 0. The summed E-state index contributed by atoms with van der Waals surface area (Å²) in [7, 11) is -4.02. The molecular weight excluding hydrogens is 423 g/mol. The van der Waals surface area contributed by atoms with E-state index in [2.05, 4.69) is 6.92 Å². The van der Waals surface area contributed by atoms with Crippen LogP contribution in [0.5, 0.6) is 0 Å². The molecule has 0 heterocycles. The minimum Gasteiger partial charge on any atom is -0.748 e. The molecule has 6 heteroatoms. The summed E-state index contributed by atoms with van der Waals surface area (Å²) in [6, 6.07) is 0. The fourth-order valence-corrected chi connectivity index (χ4v) is 4.47. The van der Waals surface area contributed by atoms with Gasteiger partial charge < -0.3 is 9.66 Å². The zero-order valence-corrected chi connectivity index (χ0v) is 24.2. The molecule has 1 unspecified atom stereocenters. The maximum absolute atomic E-state index is 10.5. The second-order valence-electron chi connectivity index (χ2n) is 8.86. The fraction of sp³-hybridized carbons (Fsp3) is 1.00. The third kappa shape index (κ3) is 29.5. The van der Waals surface area contributed by atoms with E-state index in [1.807, 2.05) is 0 Å². The van der Waals surface area contributed by atoms with Crippen LogP contribution in [-0.2, 0) is 10.1 Å². The van der Waals surface area contributed by atoms with E-state index in [0.717, 1.165) is 38.5 Å². The Balaban J connectivity index is 0. The van der Waals surface area contributed by atoms with Crippen LogP contribution in [0.3, 0.4) is 0 Å². The Labute approximate surface area is 230 Å². The number of hydrogen-bond acceptors (Lipinski definition) is 4. The van der Waals surface area contributed by atoms with Crippen LogP contribution in [0.25, 0.3) is 0 Å². The maximum Gasteiger partial charge on any atom is 1.00 e. The Morgan fingerprint density at radius 1 is 0.600 bits per heavy atom. The summed E-state index contributed by atoms with van der Waals surface area (Å²) < 4.78 is 31.5. The van der Waals surface area contributed by atoms with E-state index in [4.69, 9.17) is 0 Å². The van der Waals surface area contributed by atoms with Crippen molar-refractivity contribution in [2.24, 2.45) is 0 Å². The number of hydrogen-bond donors (Lipinski definition) is 1. The van der Waals surface area contributed by atoms with Crippen molar-refractivity contribution in [2.45, 2.75) is 148 Å². The van der Waals surface area contributed by atoms with Crippen LogP contribution in [0, 0.1) is 0 Å². The molecule has 1 N–H and O–H groups in total. The Kier molecular flexibility index (Phi) is 28.2. The van der Waals surface area contributed by atoms with Crippen molar-refractivity contribution in [3.63, 3.8) is 0 Å². The van der Waals surface area contributed by atoms with Crippen molar-refractivity contribution in [1.82, 2.24) is 0 Å². The molecule has 0 aliphatic heterocycles. The largest absolute Gasteiger partial charge is 1.00 e. The van der Waals surface area contributed by atoms with E-state index in [1.165, 1.54) is 89.9 Å². The van der Waals surface area contributed by atoms with Crippen LogP contribution in [0.15, 0.2) is 0 Å². The smallest absolute Gasteiger partial charge is 0.748 e. The summed E-state index contributed by atoms with van der Waals surface area (Å²) in [5.74, 6) is -0.208. The average molecular weight is 473 g/mol. The molecule has 0 aromatic rings. The van der Waals surface area contributed by atoms with Gasteiger partial charge in [-0.05, 0) is 19.3 Å². The molecule has 176 valence electrons. The van der Waals surface area contributed by atoms with Gasteiger partial charge in [0.25, 0.3) is 0 Å². The van der Waals surface area contributed by atoms with Crippen LogP contribution in [0.2, 0.25) is 0 Å². The Bertz CT molecular complexity index is 429. The molecular formula is C24H49KO4S. The summed E-state index contributed by atoms with van der Waals surface area (Å²) >= 11 is 0. The van der Waals surface area contributed by atoms with Gasteiger partial charge in [0.05, 0.1) is 16.2 Å². The SMILES string of the molecule is CCCCCCCCCCC(O)CCCCCCCCCCCCCS(=O)(=O)[O-].[K+]. The average Bonchev–Trinajstić information content (AvgIpc) is 2.66. The molecule has 0 aromatic heterocycles. The Hall–Kier alpha value is 1.51. The third-order valence-corrected chi connectivity index (χ3v) is 6.61. The van der Waals surface area contributed by atoms with E-state index in [0.29, 0.717) is 6.42 Å². The first kappa shape index (κ1) is 33.7. The van der Waals surface area contributed by atoms with E-state index < -0.39 is 10.1 Å². The van der Waals surface area contributed by atoms with Gasteiger partial charge in [0.2, 0.25) is 0 Å². The summed E-state index contributed by atoms with van der Waals surface area (Å²) in [5.41, 5.74) is 0. The topological polar surface area (TPSA) is 77.4 Å². The molecule has 0 aromatic carbocycles. The van der Waals surface area contributed by atoms with E-state index in [1.54, 1.807) is 0 Å². The number of aliphatic hydroxyl groups excluding tert-OH is 1. The van der Waals surface area contributed by atoms with E-state index in [-0.39, 0.29) is 63.2 Å². The van der Waals surface area contributed by atoms with Crippen LogP contribution < -0.4 is 51.4 Å². The van der Waals surface area contributed by atoms with Gasteiger partial charge in [0.1, 0.15) is 0 Å². The second kappa shape index (κ2) is 25.1. The van der Waals surface area contributed by atoms with Crippen molar-refractivity contribution < 1.29 is 69.5 Å². The first-order valence-electron chi connectivity index (χ1n) is 12.6. The van der Waals surface area contributed by atoms with Crippen molar-refractivity contribution >= 4 is 10.1 Å². The molecule has 0 saturated heterocycles. The number of aliphatic hydroxyl groups is 1. The predicted octanol–water partition coefficient (Wildman–Crippen LogP) is 4.11. The summed E-state index contributed by atoms with van der Waals surface area (Å²) in [6.07, 6.45) is 24.7. The standard InChI is InChI=1S/C24H50O4S.K/c1-2-3-4-5-6-12-15-18-21-24(25)22-19-16-13-10-8-7-9-11-14-17-20-23-29(26,27)28;/h24-25H,2-23H2,1H3,(H,26,27,28);/q;+1/p-1. The van der Waals surface area contributed by atoms with Gasteiger partial charge in [-0.15, -0.1) is 0 Å². The number of rotatable bonds is 23. The Morgan fingerprint density at radius 2 is 0.900 bits per heavy atom. The van der Waals surface area contributed by atoms with Gasteiger partial charge in [0, 0.05) is 5.75 Å². The summed E-state index contributed by atoms with van der Waals surface area (Å²) in [6.45, 7) is 2.26. The third-order valence-electron chi connectivity index (χ3n) is 5.82. The molecule has 0 rings (SSSR count). The molecule has 4 nitrogen and oxygen atoms in total. The minimum atomic E-state index is -4.02. The predicted molar refractivity (Wildman–Crippen MR) is 123 cm³/mol. The maximum atomic E-state index is 10.5. The first-order chi connectivity index (χ1) is 14.0. The van der Waals surface area contributed by atoms with Crippen molar-refractivity contribution in [1.29, 1.82) is 0 Å². The van der Waals surface area contributed by atoms with Crippen LogP contribution >= 0.6 is 0 Å². The molecule has 0 aliphatic carbocycles. The van der Waals surface area contributed by atoms with Crippen LogP contribution in [-0.4, -0.2) is 29.9 Å². The summed E-state index contributed by atoms with van der Waals surface area (Å²) in [5, 5.41) is 10.1. The fourth-order valence-electron chi connectivity index (χ4n) is 3.91. The van der Waals surface area contributed by atoms with Gasteiger partial charge in [-0.2, -0.15) is 0 Å². The van der Waals surface area contributed by atoms with Gasteiger partial charge in [-0.3, -0.25) is 0 Å². The molecule has 0 amide bonds.